The molecule has 0 atom stereocenters. The number of para-hydroxylation sites is 1. The average Bonchev–Trinajstić information content (AvgIpc) is 3.43. The molecule has 0 aliphatic heterocycles. The summed E-state index contributed by atoms with van der Waals surface area (Å²) in [6, 6.07) is 12.4. The summed E-state index contributed by atoms with van der Waals surface area (Å²) < 4.78 is 31.2. The monoisotopic (exact) mass is 469 g/mol. The number of benzene rings is 2. The van der Waals surface area contributed by atoms with E-state index in [0.29, 0.717) is 10.6 Å². The fourth-order valence-corrected chi connectivity index (χ4v) is 3.51. The summed E-state index contributed by atoms with van der Waals surface area (Å²) in [5, 5.41) is 8.61. The molecule has 0 unspecified atom stereocenters. The summed E-state index contributed by atoms with van der Waals surface area (Å²) in [6.45, 7) is 1.70. The number of hydrogen-bond acceptors (Lipinski definition) is 7. The molecule has 0 fully saturated rings. The van der Waals surface area contributed by atoms with E-state index in [1.54, 1.807) is 37.3 Å². The van der Waals surface area contributed by atoms with Crippen LogP contribution in [0.3, 0.4) is 0 Å². The van der Waals surface area contributed by atoms with Gasteiger partial charge >= 0.3 is 11.9 Å². The number of halogens is 2. The molecule has 2 heterocycles. The van der Waals surface area contributed by atoms with E-state index in [9.17, 15) is 14.0 Å². The number of aromatic nitrogens is 3. The molecule has 168 valence electrons. The minimum atomic E-state index is -0.787. The summed E-state index contributed by atoms with van der Waals surface area (Å²) in [5.74, 6) is -2.23. The Labute approximate surface area is 192 Å². The van der Waals surface area contributed by atoms with Crippen molar-refractivity contribution in [3.63, 3.8) is 0 Å². The third-order valence-corrected chi connectivity index (χ3v) is 4.98. The first kappa shape index (κ1) is 22.2. The Morgan fingerprint density at radius 2 is 1.94 bits per heavy atom. The van der Waals surface area contributed by atoms with Crippen LogP contribution in [-0.4, -0.2) is 40.6 Å². The van der Waals surface area contributed by atoms with Crippen molar-refractivity contribution in [2.45, 2.75) is 6.92 Å². The molecule has 0 bridgehead atoms. The molecule has 10 heteroatoms. The van der Waals surface area contributed by atoms with E-state index in [0.717, 1.165) is 4.68 Å². The molecule has 0 saturated heterocycles. The lowest BCUT2D eigenvalue weighted by atomic mass is 10.0. The van der Waals surface area contributed by atoms with Crippen LogP contribution in [0.5, 0.6) is 0 Å². The van der Waals surface area contributed by atoms with Gasteiger partial charge < -0.3 is 14.0 Å². The second kappa shape index (κ2) is 9.25. The number of ether oxygens (including phenoxy) is 2. The van der Waals surface area contributed by atoms with E-state index in [2.05, 4.69) is 10.3 Å². The van der Waals surface area contributed by atoms with Crippen LogP contribution in [-0.2, 0) is 9.47 Å². The summed E-state index contributed by atoms with van der Waals surface area (Å²) in [4.78, 5) is 25.6. The highest BCUT2D eigenvalue weighted by molar-refractivity contribution is 6.30. The molecule has 2 aromatic carbocycles. The highest BCUT2D eigenvalue weighted by atomic mass is 35.5. The van der Waals surface area contributed by atoms with E-state index >= 15 is 0 Å². The third-order valence-electron chi connectivity index (χ3n) is 4.74. The number of methoxy groups -OCH3 is 1. The van der Waals surface area contributed by atoms with Crippen molar-refractivity contribution in [1.29, 1.82) is 0 Å². The summed E-state index contributed by atoms with van der Waals surface area (Å²) in [6.07, 6.45) is 1.27. The molecule has 0 spiro atoms. The van der Waals surface area contributed by atoms with E-state index in [-0.39, 0.29) is 40.6 Å². The Kier molecular flexibility index (Phi) is 6.23. The van der Waals surface area contributed by atoms with Gasteiger partial charge in [0.2, 0.25) is 0 Å². The van der Waals surface area contributed by atoms with E-state index < -0.39 is 17.8 Å². The predicted octanol–water partition coefficient (Wildman–Crippen LogP) is 4.95. The van der Waals surface area contributed by atoms with Gasteiger partial charge in [0.25, 0.3) is 0 Å². The zero-order valence-electron chi connectivity index (χ0n) is 17.5. The number of carbonyl (C=O) groups is 2. The van der Waals surface area contributed by atoms with Gasteiger partial charge in [-0.15, -0.1) is 0 Å². The van der Waals surface area contributed by atoms with Crippen molar-refractivity contribution in [3.8, 4) is 28.3 Å². The maximum atomic E-state index is 14.5. The topological polar surface area (TPSA) is 96.5 Å². The molecule has 4 rings (SSSR count). The van der Waals surface area contributed by atoms with E-state index in [4.69, 9.17) is 25.6 Å². The van der Waals surface area contributed by atoms with Crippen molar-refractivity contribution < 1.29 is 28.0 Å². The largest absolute Gasteiger partial charge is 0.465 e. The maximum absolute atomic E-state index is 14.5. The zero-order chi connectivity index (χ0) is 23.5. The van der Waals surface area contributed by atoms with Gasteiger partial charge in [0, 0.05) is 10.6 Å². The van der Waals surface area contributed by atoms with Gasteiger partial charge in [-0.05, 0) is 31.2 Å². The zero-order valence-corrected chi connectivity index (χ0v) is 18.3. The van der Waals surface area contributed by atoms with E-state index in [1.807, 2.05) is 0 Å². The van der Waals surface area contributed by atoms with Gasteiger partial charge in [-0.3, -0.25) is 0 Å². The van der Waals surface area contributed by atoms with Crippen LogP contribution >= 0.6 is 11.6 Å². The average molecular weight is 470 g/mol. The minimum absolute atomic E-state index is 0.0148. The van der Waals surface area contributed by atoms with Gasteiger partial charge in [-0.1, -0.05) is 41.0 Å². The van der Waals surface area contributed by atoms with Crippen LogP contribution in [0.2, 0.25) is 5.02 Å². The lowest BCUT2D eigenvalue weighted by molar-refractivity contribution is 0.0514. The smallest absolute Gasteiger partial charge is 0.357 e. The van der Waals surface area contributed by atoms with Crippen molar-refractivity contribution in [3.05, 3.63) is 76.8 Å². The Hall–Kier alpha value is -3.98. The number of rotatable bonds is 6. The summed E-state index contributed by atoms with van der Waals surface area (Å²) in [5.41, 5.74) is 0.572. The lowest BCUT2D eigenvalue weighted by Gasteiger charge is -2.09. The molecule has 4 aromatic rings. The van der Waals surface area contributed by atoms with Crippen LogP contribution in [0, 0.1) is 5.82 Å². The maximum Gasteiger partial charge on any atom is 0.357 e. The third kappa shape index (κ3) is 4.10. The Balaban J connectivity index is 1.97. The fourth-order valence-electron chi connectivity index (χ4n) is 3.31. The van der Waals surface area contributed by atoms with Crippen LogP contribution in [0.15, 0.2) is 59.3 Å². The first-order chi connectivity index (χ1) is 16.0. The minimum Gasteiger partial charge on any atom is -0.465 e. The molecule has 0 saturated carbocycles. The molecule has 2 aromatic heterocycles. The molecule has 8 nitrogen and oxygen atoms in total. The van der Waals surface area contributed by atoms with Crippen LogP contribution in [0.4, 0.5) is 4.39 Å². The quantitative estimate of drug-likeness (QED) is 0.368. The summed E-state index contributed by atoms with van der Waals surface area (Å²) >= 11 is 6.09. The fraction of sp³-hybridized carbons (Fsp3) is 0.130. The molecule has 0 aliphatic rings. The number of carbonyl (C=O) groups excluding carboxylic acids is 2. The second-order valence-corrected chi connectivity index (χ2v) is 7.16. The molecular formula is C23H17ClFN3O5. The molecule has 0 amide bonds. The highest BCUT2D eigenvalue weighted by Gasteiger charge is 2.32. The first-order valence-electron chi connectivity index (χ1n) is 9.80. The Morgan fingerprint density at radius 1 is 1.15 bits per heavy atom. The van der Waals surface area contributed by atoms with Gasteiger partial charge in [0.05, 0.1) is 25.5 Å². The number of hydrogen-bond donors (Lipinski definition) is 0. The number of nitrogens with zero attached hydrogens (tertiary/aromatic N) is 3. The predicted molar refractivity (Wildman–Crippen MR) is 117 cm³/mol. The Bertz CT molecular complexity index is 1350. The standard InChI is InChI=1S/C23H17ClFN3O5/c1-3-32-23(30)20-15(12-26-28(20)17-10-5-4-9-16(17)25)21-18(22(29)31-2)19(27-33-21)13-7-6-8-14(24)11-13/h4-12H,3H2,1-2H3. The van der Waals surface area contributed by atoms with Crippen LogP contribution < -0.4 is 0 Å². The highest BCUT2D eigenvalue weighted by Crippen LogP contribution is 2.36. The van der Waals surface area contributed by atoms with Crippen LogP contribution in [0.1, 0.15) is 27.8 Å². The van der Waals surface area contributed by atoms with Gasteiger partial charge in [-0.25, -0.2) is 18.7 Å². The molecule has 0 aliphatic carbocycles. The van der Waals surface area contributed by atoms with Crippen molar-refractivity contribution in [2.75, 3.05) is 13.7 Å². The summed E-state index contributed by atoms with van der Waals surface area (Å²) in [7, 11) is 1.20. The molecule has 0 radical (unpaired) electrons. The van der Waals surface area contributed by atoms with Crippen molar-refractivity contribution in [2.24, 2.45) is 0 Å². The van der Waals surface area contributed by atoms with E-state index in [1.165, 1.54) is 31.5 Å². The van der Waals surface area contributed by atoms with Gasteiger partial charge in [-0.2, -0.15) is 5.10 Å². The van der Waals surface area contributed by atoms with Crippen molar-refractivity contribution in [1.82, 2.24) is 14.9 Å². The molecular weight excluding hydrogens is 453 g/mol. The SMILES string of the molecule is CCOC(=O)c1c(-c2onc(-c3cccc(Cl)c3)c2C(=O)OC)cnn1-c1ccccc1F. The second-order valence-electron chi connectivity index (χ2n) is 6.73. The molecule has 33 heavy (non-hydrogen) atoms. The van der Waals surface area contributed by atoms with Gasteiger partial charge in [0.15, 0.2) is 11.5 Å². The molecule has 0 N–H and O–H groups in total. The van der Waals surface area contributed by atoms with Gasteiger partial charge in [0.1, 0.15) is 22.8 Å². The normalized spacial score (nSPS) is 10.8. The Morgan fingerprint density at radius 3 is 2.64 bits per heavy atom. The number of esters is 2. The first-order valence-corrected chi connectivity index (χ1v) is 10.2. The van der Waals surface area contributed by atoms with Crippen LogP contribution in [0.25, 0.3) is 28.3 Å². The lowest BCUT2D eigenvalue weighted by Crippen LogP contribution is -2.14. The van der Waals surface area contributed by atoms with Crippen molar-refractivity contribution >= 4 is 23.5 Å².